The SMILES string of the molecule is COC(=O)CCCCC(=O)c1c(C)n(CC(O)COc2ccc(-c3ccccc3)cc2)c2ccc(C(=O)O)cc12. The Kier molecular flexibility index (Phi) is 9.35. The molecule has 3 aromatic carbocycles. The molecule has 1 aromatic heterocycles. The van der Waals surface area contributed by atoms with Gasteiger partial charge in [-0.15, -0.1) is 0 Å². The van der Waals surface area contributed by atoms with Gasteiger partial charge >= 0.3 is 11.9 Å². The number of rotatable bonds is 13. The fraction of sp³-hybridized carbons (Fsp3) is 0.281. The molecule has 2 N–H and O–H groups in total. The molecule has 208 valence electrons. The van der Waals surface area contributed by atoms with Crippen LogP contribution in [-0.2, 0) is 16.1 Å². The van der Waals surface area contributed by atoms with Crippen LogP contribution in [0.2, 0.25) is 0 Å². The van der Waals surface area contributed by atoms with Gasteiger partial charge < -0.3 is 24.3 Å². The first-order chi connectivity index (χ1) is 19.3. The maximum Gasteiger partial charge on any atom is 0.335 e. The summed E-state index contributed by atoms with van der Waals surface area (Å²) in [6.07, 6.45) is 0.565. The van der Waals surface area contributed by atoms with E-state index in [-0.39, 0.29) is 43.3 Å². The highest BCUT2D eigenvalue weighted by Gasteiger charge is 2.22. The van der Waals surface area contributed by atoms with Gasteiger partial charge in [0.05, 0.1) is 19.2 Å². The van der Waals surface area contributed by atoms with Crippen molar-refractivity contribution in [2.75, 3.05) is 13.7 Å². The number of aliphatic hydroxyl groups is 1. The summed E-state index contributed by atoms with van der Waals surface area (Å²) < 4.78 is 12.3. The summed E-state index contributed by atoms with van der Waals surface area (Å²) in [6.45, 7) is 1.98. The first-order valence-electron chi connectivity index (χ1n) is 13.2. The Morgan fingerprint density at radius 2 is 1.57 bits per heavy atom. The van der Waals surface area contributed by atoms with E-state index in [1.807, 2.05) is 59.2 Å². The quantitative estimate of drug-likeness (QED) is 0.127. The van der Waals surface area contributed by atoms with Crippen molar-refractivity contribution in [1.82, 2.24) is 4.57 Å². The molecular formula is C32H33NO7. The molecule has 4 aromatic rings. The number of Topliss-reactive ketones (excluding diaryl/α,β-unsaturated/α-hetero) is 1. The van der Waals surface area contributed by atoms with E-state index in [1.165, 1.54) is 19.2 Å². The van der Waals surface area contributed by atoms with Gasteiger partial charge in [0.25, 0.3) is 0 Å². The van der Waals surface area contributed by atoms with Crippen LogP contribution in [0.3, 0.4) is 0 Å². The predicted octanol–water partition coefficient (Wildman–Crippen LogP) is 5.67. The zero-order chi connectivity index (χ0) is 28.6. The van der Waals surface area contributed by atoms with Gasteiger partial charge in [-0.25, -0.2) is 4.79 Å². The molecule has 4 rings (SSSR count). The highest BCUT2D eigenvalue weighted by Crippen LogP contribution is 2.29. The fourth-order valence-corrected chi connectivity index (χ4v) is 4.81. The van der Waals surface area contributed by atoms with Gasteiger partial charge in [0, 0.05) is 35.0 Å². The normalized spacial score (nSPS) is 11.8. The third kappa shape index (κ3) is 6.76. The average Bonchev–Trinajstić information content (AvgIpc) is 3.24. The summed E-state index contributed by atoms with van der Waals surface area (Å²) >= 11 is 0. The Morgan fingerprint density at radius 3 is 2.25 bits per heavy atom. The number of carbonyl (C=O) groups excluding carboxylic acids is 2. The Labute approximate surface area is 232 Å². The molecule has 0 aliphatic carbocycles. The van der Waals surface area contributed by atoms with E-state index >= 15 is 0 Å². The van der Waals surface area contributed by atoms with E-state index in [0.29, 0.717) is 40.8 Å². The molecule has 0 spiro atoms. The van der Waals surface area contributed by atoms with Crippen molar-refractivity contribution in [3.05, 3.63) is 89.6 Å². The van der Waals surface area contributed by atoms with E-state index in [0.717, 1.165) is 11.1 Å². The molecule has 1 heterocycles. The summed E-state index contributed by atoms with van der Waals surface area (Å²) in [7, 11) is 1.33. The van der Waals surface area contributed by atoms with Crippen LogP contribution >= 0.6 is 0 Å². The van der Waals surface area contributed by atoms with Crippen LogP contribution in [0.15, 0.2) is 72.8 Å². The fourth-order valence-electron chi connectivity index (χ4n) is 4.81. The Morgan fingerprint density at radius 1 is 0.900 bits per heavy atom. The maximum absolute atomic E-state index is 13.3. The Bertz CT molecular complexity index is 1490. The predicted molar refractivity (Wildman–Crippen MR) is 152 cm³/mol. The number of carbonyl (C=O) groups is 3. The third-order valence-electron chi connectivity index (χ3n) is 6.91. The first kappa shape index (κ1) is 28.6. The molecule has 1 unspecified atom stereocenters. The molecule has 0 aliphatic heterocycles. The molecule has 0 bridgehead atoms. The number of esters is 1. The highest BCUT2D eigenvalue weighted by atomic mass is 16.5. The minimum atomic E-state index is -1.09. The summed E-state index contributed by atoms with van der Waals surface area (Å²) in [5.41, 5.74) is 3.97. The topological polar surface area (TPSA) is 115 Å². The van der Waals surface area contributed by atoms with E-state index in [1.54, 1.807) is 13.0 Å². The first-order valence-corrected chi connectivity index (χ1v) is 13.2. The van der Waals surface area contributed by atoms with Gasteiger partial charge in [-0.3, -0.25) is 9.59 Å². The van der Waals surface area contributed by atoms with E-state index in [9.17, 15) is 24.6 Å². The monoisotopic (exact) mass is 543 g/mol. The number of hydrogen-bond donors (Lipinski definition) is 2. The Hall–Kier alpha value is -4.43. The lowest BCUT2D eigenvalue weighted by molar-refractivity contribution is -0.140. The van der Waals surface area contributed by atoms with Gasteiger partial charge in [0.2, 0.25) is 0 Å². The van der Waals surface area contributed by atoms with Crippen molar-refractivity contribution >= 4 is 28.6 Å². The second-order valence-electron chi connectivity index (χ2n) is 9.67. The van der Waals surface area contributed by atoms with E-state index < -0.39 is 12.1 Å². The zero-order valence-corrected chi connectivity index (χ0v) is 22.6. The number of fused-ring (bicyclic) bond motifs is 1. The Balaban J connectivity index is 1.48. The summed E-state index contributed by atoms with van der Waals surface area (Å²) in [5, 5.41) is 20.9. The summed E-state index contributed by atoms with van der Waals surface area (Å²) in [6, 6.07) is 22.3. The van der Waals surface area contributed by atoms with Gasteiger partial charge in [0.1, 0.15) is 18.5 Å². The lowest BCUT2D eigenvalue weighted by Crippen LogP contribution is -2.24. The largest absolute Gasteiger partial charge is 0.491 e. The van der Waals surface area contributed by atoms with Crippen molar-refractivity contribution in [2.24, 2.45) is 0 Å². The van der Waals surface area contributed by atoms with Crippen molar-refractivity contribution in [3.8, 4) is 16.9 Å². The molecule has 40 heavy (non-hydrogen) atoms. The van der Waals surface area contributed by atoms with Crippen LogP contribution in [0.4, 0.5) is 0 Å². The van der Waals surface area contributed by atoms with Gasteiger partial charge in [-0.05, 0) is 61.2 Å². The van der Waals surface area contributed by atoms with Crippen molar-refractivity contribution in [3.63, 3.8) is 0 Å². The minimum absolute atomic E-state index is 0.0355. The number of nitrogens with zero attached hydrogens (tertiary/aromatic N) is 1. The van der Waals surface area contributed by atoms with Crippen LogP contribution < -0.4 is 4.74 Å². The number of carboxylic acid groups (broad SMARTS) is 1. The molecule has 0 aliphatic rings. The lowest BCUT2D eigenvalue weighted by Gasteiger charge is -2.16. The smallest absolute Gasteiger partial charge is 0.335 e. The molecule has 8 nitrogen and oxygen atoms in total. The number of aromatic nitrogens is 1. The number of aliphatic hydroxyl groups excluding tert-OH is 1. The molecule has 0 radical (unpaired) electrons. The van der Waals surface area contributed by atoms with Crippen molar-refractivity contribution < 1.29 is 34.1 Å². The van der Waals surface area contributed by atoms with Crippen LogP contribution in [0.5, 0.6) is 5.75 Å². The number of methoxy groups -OCH3 is 1. The second kappa shape index (κ2) is 13.1. The van der Waals surface area contributed by atoms with E-state index in [2.05, 4.69) is 4.74 Å². The minimum Gasteiger partial charge on any atom is -0.491 e. The summed E-state index contributed by atoms with van der Waals surface area (Å²) in [4.78, 5) is 36.3. The molecule has 1 atom stereocenters. The molecule has 0 fully saturated rings. The number of carboxylic acids is 1. The second-order valence-corrected chi connectivity index (χ2v) is 9.67. The van der Waals surface area contributed by atoms with Gasteiger partial charge in [-0.1, -0.05) is 42.5 Å². The number of aromatic carboxylic acids is 1. The molecule has 0 saturated heterocycles. The zero-order valence-electron chi connectivity index (χ0n) is 22.6. The van der Waals surface area contributed by atoms with E-state index in [4.69, 9.17) is 4.74 Å². The molecule has 8 heteroatoms. The van der Waals surface area contributed by atoms with Crippen LogP contribution in [0.25, 0.3) is 22.0 Å². The number of ketones is 1. The number of hydrogen-bond acceptors (Lipinski definition) is 6. The molecular weight excluding hydrogens is 510 g/mol. The van der Waals surface area contributed by atoms with Crippen LogP contribution in [-0.4, -0.2) is 52.3 Å². The summed E-state index contributed by atoms with van der Waals surface area (Å²) in [5.74, 6) is -0.926. The highest BCUT2D eigenvalue weighted by molar-refractivity contribution is 6.10. The number of unbranched alkanes of at least 4 members (excludes halogenated alkanes) is 1. The standard InChI is InChI=1S/C32H33NO7/c1-21-31(29(35)10-6-7-11-30(36)39-2)27-18-24(32(37)38)14-17-28(27)33(21)19-25(34)20-40-26-15-12-23(13-16-26)22-8-4-3-5-9-22/h3-5,8-9,12-18,25,34H,6-7,10-11,19-20H2,1-2H3,(H,37,38). The maximum atomic E-state index is 13.3. The van der Waals surface area contributed by atoms with Crippen molar-refractivity contribution in [2.45, 2.75) is 45.3 Å². The number of benzene rings is 3. The van der Waals surface area contributed by atoms with Crippen molar-refractivity contribution in [1.29, 1.82) is 0 Å². The van der Waals surface area contributed by atoms with Gasteiger partial charge in [0.15, 0.2) is 5.78 Å². The molecule has 0 saturated carbocycles. The average molecular weight is 544 g/mol. The van der Waals surface area contributed by atoms with Gasteiger partial charge in [-0.2, -0.15) is 0 Å². The third-order valence-corrected chi connectivity index (χ3v) is 6.91. The van der Waals surface area contributed by atoms with Crippen LogP contribution in [0.1, 0.15) is 52.1 Å². The van der Waals surface area contributed by atoms with Crippen LogP contribution in [0, 0.1) is 6.92 Å². The lowest BCUT2D eigenvalue weighted by atomic mass is 10.0. The number of ether oxygens (including phenoxy) is 2. The molecule has 0 amide bonds.